The van der Waals surface area contributed by atoms with Crippen molar-refractivity contribution in [3.05, 3.63) is 53.2 Å². The standard InChI is InChI=1S/C20H22N4O2S/c21-15-6-4-5-14(11-15)17-7-8-18(26-17)19(25)23-20-22-12-16(27-20)13-24-9-2-1-3-10-24/h4-8,11-12H,1-3,9-10,13,21H2,(H,22,23,25). The molecule has 27 heavy (non-hydrogen) atoms. The van der Waals surface area contributed by atoms with Gasteiger partial charge in [-0.05, 0) is 50.2 Å². The highest BCUT2D eigenvalue weighted by Gasteiger charge is 2.16. The first kappa shape index (κ1) is 17.8. The predicted molar refractivity (Wildman–Crippen MR) is 108 cm³/mol. The summed E-state index contributed by atoms with van der Waals surface area (Å²) in [6.45, 7) is 3.17. The summed E-state index contributed by atoms with van der Waals surface area (Å²) in [6, 6.07) is 10.8. The van der Waals surface area contributed by atoms with Crippen LogP contribution in [0.4, 0.5) is 10.8 Å². The number of nitrogens with zero attached hydrogens (tertiary/aromatic N) is 2. The summed E-state index contributed by atoms with van der Waals surface area (Å²) in [5.74, 6) is 0.557. The summed E-state index contributed by atoms with van der Waals surface area (Å²) in [4.78, 5) is 20.4. The monoisotopic (exact) mass is 382 g/mol. The van der Waals surface area contributed by atoms with Crippen LogP contribution in [0, 0.1) is 0 Å². The molecule has 3 N–H and O–H groups in total. The number of carbonyl (C=O) groups is 1. The Labute approximate surface area is 162 Å². The highest BCUT2D eigenvalue weighted by Crippen LogP contribution is 2.25. The number of thiazole rings is 1. The summed E-state index contributed by atoms with van der Waals surface area (Å²) in [7, 11) is 0. The van der Waals surface area contributed by atoms with E-state index in [4.69, 9.17) is 10.2 Å². The van der Waals surface area contributed by atoms with E-state index in [-0.39, 0.29) is 11.7 Å². The normalized spacial score (nSPS) is 15.0. The Morgan fingerprint density at radius 1 is 1.22 bits per heavy atom. The lowest BCUT2D eigenvalue weighted by Gasteiger charge is -2.25. The molecule has 1 aromatic carbocycles. The van der Waals surface area contributed by atoms with Crippen LogP contribution in [0.2, 0.25) is 0 Å². The molecular formula is C20H22N4O2S. The predicted octanol–water partition coefficient (Wildman–Crippen LogP) is 4.22. The molecule has 0 atom stereocenters. The number of nitrogens with two attached hydrogens (primary N) is 1. The molecule has 0 saturated carbocycles. The van der Waals surface area contributed by atoms with Gasteiger partial charge in [0, 0.05) is 28.9 Å². The fourth-order valence-electron chi connectivity index (χ4n) is 3.24. The van der Waals surface area contributed by atoms with Gasteiger partial charge in [-0.3, -0.25) is 15.0 Å². The second kappa shape index (κ2) is 7.94. The Bertz CT molecular complexity index is 927. The van der Waals surface area contributed by atoms with Crippen LogP contribution in [0.1, 0.15) is 34.7 Å². The van der Waals surface area contributed by atoms with Crippen molar-refractivity contribution in [2.45, 2.75) is 25.8 Å². The van der Waals surface area contributed by atoms with Crippen molar-refractivity contribution in [2.24, 2.45) is 0 Å². The smallest absolute Gasteiger partial charge is 0.293 e. The minimum Gasteiger partial charge on any atom is -0.451 e. The fraction of sp³-hybridized carbons (Fsp3) is 0.300. The molecule has 1 aliphatic rings. The number of hydrogen-bond acceptors (Lipinski definition) is 6. The van der Waals surface area contributed by atoms with Crippen molar-refractivity contribution in [1.29, 1.82) is 0 Å². The fourth-order valence-corrected chi connectivity index (χ4v) is 4.09. The van der Waals surface area contributed by atoms with Crippen LogP contribution in [-0.4, -0.2) is 28.9 Å². The number of nitrogens with one attached hydrogen (secondary N) is 1. The van der Waals surface area contributed by atoms with E-state index in [1.165, 1.54) is 30.6 Å². The number of carbonyl (C=O) groups excluding carboxylic acids is 1. The van der Waals surface area contributed by atoms with Crippen LogP contribution in [0.5, 0.6) is 0 Å². The van der Waals surface area contributed by atoms with Gasteiger partial charge < -0.3 is 10.2 Å². The lowest BCUT2D eigenvalue weighted by atomic mass is 10.1. The number of aromatic nitrogens is 1. The van der Waals surface area contributed by atoms with Crippen molar-refractivity contribution < 1.29 is 9.21 Å². The van der Waals surface area contributed by atoms with Gasteiger partial charge >= 0.3 is 0 Å². The maximum Gasteiger partial charge on any atom is 0.293 e. The second-order valence-electron chi connectivity index (χ2n) is 6.71. The third-order valence-corrected chi connectivity index (χ3v) is 5.50. The molecule has 3 aromatic rings. The Balaban J connectivity index is 1.39. The lowest BCUT2D eigenvalue weighted by molar-refractivity contribution is 0.0997. The van der Waals surface area contributed by atoms with E-state index < -0.39 is 0 Å². The molecule has 0 bridgehead atoms. The van der Waals surface area contributed by atoms with E-state index in [2.05, 4.69) is 15.2 Å². The van der Waals surface area contributed by atoms with Gasteiger partial charge in [0.25, 0.3) is 5.91 Å². The zero-order chi connectivity index (χ0) is 18.6. The van der Waals surface area contributed by atoms with Crippen molar-refractivity contribution >= 4 is 28.1 Å². The molecule has 0 radical (unpaired) electrons. The number of anilines is 2. The minimum absolute atomic E-state index is 0.250. The van der Waals surface area contributed by atoms with Gasteiger partial charge in [0.15, 0.2) is 10.9 Å². The molecule has 1 saturated heterocycles. The Hall–Kier alpha value is -2.64. The number of furan rings is 1. The third-order valence-electron chi connectivity index (χ3n) is 4.60. The molecule has 0 aliphatic carbocycles. The molecule has 1 fully saturated rings. The van der Waals surface area contributed by atoms with Crippen LogP contribution >= 0.6 is 11.3 Å². The van der Waals surface area contributed by atoms with Crippen LogP contribution < -0.4 is 11.1 Å². The lowest BCUT2D eigenvalue weighted by Crippen LogP contribution is -2.28. The number of rotatable bonds is 5. The van der Waals surface area contributed by atoms with Crippen molar-refractivity contribution in [3.63, 3.8) is 0 Å². The van der Waals surface area contributed by atoms with Crippen molar-refractivity contribution in [1.82, 2.24) is 9.88 Å². The van der Waals surface area contributed by atoms with E-state index >= 15 is 0 Å². The highest BCUT2D eigenvalue weighted by atomic mass is 32.1. The summed E-state index contributed by atoms with van der Waals surface area (Å²) >= 11 is 1.51. The topological polar surface area (TPSA) is 84.4 Å². The SMILES string of the molecule is Nc1cccc(-c2ccc(C(=O)Nc3ncc(CN4CCCCC4)s3)o2)c1. The first-order valence-corrected chi connectivity index (χ1v) is 9.93. The number of hydrogen-bond donors (Lipinski definition) is 2. The Morgan fingerprint density at radius 3 is 2.89 bits per heavy atom. The average molecular weight is 382 g/mol. The van der Waals surface area contributed by atoms with Crippen LogP contribution in [0.15, 0.2) is 47.0 Å². The summed E-state index contributed by atoms with van der Waals surface area (Å²) in [5.41, 5.74) is 7.29. The maximum absolute atomic E-state index is 12.5. The first-order valence-electron chi connectivity index (χ1n) is 9.11. The largest absolute Gasteiger partial charge is 0.451 e. The number of benzene rings is 1. The molecule has 4 rings (SSSR count). The number of piperidine rings is 1. The van der Waals surface area contributed by atoms with Gasteiger partial charge in [0.05, 0.1) is 0 Å². The van der Waals surface area contributed by atoms with Gasteiger partial charge in [0.2, 0.25) is 0 Å². The molecule has 1 aliphatic heterocycles. The van der Waals surface area contributed by atoms with Crippen molar-refractivity contribution in [2.75, 3.05) is 24.1 Å². The molecule has 7 heteroatoms. The van der Waals surface area contributed by atoms with Crippen LogP contribution in [-0.2, 0) is 6.54 Å². The summed E-state index contributed by atoms with van der Waals surface area (Å²) in [6.07, 6.45) is 5.68. The van der Waals surface area contributed by atoms with Crippen molar-refractivity contribution in [3.8, 4) is 11.3 Å². The van der Waals surface area contributed by atoms with E-state index in [0.29, 0.717) is 16.6 Å². The average Bonchev–Trinajstić information content (AvgIpc) is 3.32. The molecule has 0 unspecified atom stereocenters. The molecule has 2 aromatic heterocycles. The molecule has 6 nitrogen and oxygen atoms in total. The highest BCUT2D eigenvalue weighted by molar-refractivity contribution is 7.15. The summed E-state index contributed by atoms with van der Waals surface area (Å²) in [5, 5.41) is 3.42. The Kier molecular flexibility index (Phi) is 5.22. The quantitative estimate of drug-likeness (QED) is 0.645. The van der Waals surface area contributed by atoms with Crippen LogP contribution in [0.3, 0.4) is 0 Å². The van der Waals surface area contributed by atoms with Gasteiger partial charge in [-0.2, -0.15) is 0 Å². The van der Waals surface area contributed by atoms with Gasteiger partial charge in [0.1, 0.15) is 5.76 Å². The van der Waals surface area contributed by atoms with E-state index in [1.807, 2.05) is 30.5 Å². The Morgan fingerprint density at radius 2 is 2.07 bits per heavy atom. The second-order valence-corrected chi connectivity index (χ2v) is 7.83. The maximum atomic E-state index is 12.5. The van der Waals surface area contributed by atoms with E-state index in [9.17, 15) is 4.79 Å². The molecule has 140 valence electrons. The number of amides is 1. The molecule has 0 spiro atoms. The zero-order valence-electron chi connectivity index (χ0n) is 15.0. The van der Waals surface area contributed by atoms with Gasteiger partial charge in [-0.15, -0.1) is 11.3 Å². The van der Waals surface area contributed by atoms with Gasteiger partial charge in [-0.25, -0.2) is 4.98 Å². The zero-order valence-corrected chi connectivity index (χ0v) is 15.8. The minimum atomic E-state index is -0.302. The molecule has 3 heterocycles. The number of likely N-dealkylation sites (tertiary alicyclic amines) is 1. The molecule has 1 amide bonds. The third kappa shape index (κ3) is 4.37. The summed E-state index contributed by atoms with van der Waals surface area (Å²) < 4.78 is 5.69. The van der Waals surface area contributed by atoms with E-state index in [0.717, 1.165) is 30.1 Å². The first-order chi connectivity index (χ1) is 13.2. The molecular weight excluding hydrogens is 360 g/mol. The van der Waals surface area contributed by atoms with Gasteiger partial charge in [-0.1, -0.05) is 18.6 Å². The van der Waals surface area contributed by atoms with Crippen LogP contribution in [0.25, 0.3) is 11.3 Å². The van der Waals surface area contributed by atoms with E-state index in [1.54, 1.807) is 12.1 Å². The number of nitrogen functional groups attached to an aromatic ring is 1.